The fourth-order valence-electron chi connectivity index (χ4n) is 2.29. The smallest absolute Gasteiger partial charge is 0.270 e. The molecule has 25 heavy (non-hydrogen) atoms. The molecule has 1 aromatic carbocycles. The molecule has 1 aromatic heterocycles. The number of carbonyl (C=O) groups is 2. The minimum atomic E-state index is -0.301. The van der Waals surface area contributed by atoms with Gasteiger partial charge >= 0.3 is 0 Å². The molecular weight excluding hydrogens is 316 g/mol. The summed E-state index contributed by atoms with van der Waals surface area (Å²) in [6.07, 6.45) is 1.47. The highest BCUT2D eigenvalue weighted by molar-refractivity contribution is 5.98. The largest absolute Gasteiger partial charge is 0.351 e. The van der Waals surface area contributed by atoms with Gasteiger partial charge in [-0.05, 0) is 38.7 Å². The van der Waals surface area contributed by atoms with Gasteiger partial charge in [-0.1, -0.05) is 29.8 Å². The van der Waals surface area contributed by atoms with E-state index in [1.807, 2.05) is 50.2 Å². The maximum absolute atomic E-state index is 12.3. The van der Waals surface area contributed by atoms with Crippen LogP contribution in [0.15, 0.2) is 42.6 Å². The molecule has 2 N–H and O–H groups in total. The lowest BCUT2D eigenvalue weighted by atomic mass is 10.1. The quantitative estimate of drug-likeness (QED) is 0.803. The Hall–Kier alpha value is -2.73. The summed E-state index contributed by atoms with van der Waals surface area (Å²) in [4.78, 5) is 30.4. The summed E-state index contributed by atoms with van der Waals surface area (Å²) in [5.74, 6) is -0.513. The predicted octanol–water partition coefficient (Wildman–Crippen LogP) is 1.61. The zero-order chi connectivity index (χ0) is 18.2. The first kappa shape index (κ1) is 18.6. The fourth-order valence-corrected chi connectivity index (χ4v) is 2.29. The van der Waals surface area contributed by atoms with Gasteiger partial charge in [0.1, 0.15) is 5.69 Å². The van der Waals surface area contributed by atoms with Crippen molar-refractivity contribution in [3.63, 3.8) is 0 Å². The summed E-state index contributed by atoms with van der Waals surface area (Å²) in [6.45, 7) is 3.72. The highest BCUT2D eigenvalue weighted by Gasteiger charge is 2.11. The molecule has 0 atom stereocenters. The molecule has 6 heteroatoms. The summed E-state index contributed by atoms with van der Waals surface area (Å²) >= 11 is 0. The van der Waals surface area contributed by atoms with Crippen molar-refractivity contribution in [1.82, 2.24) is 20.5 Å². The molecule has 0 radical (unpaired) electrons. The number of aromatic nitrogens is 1. The first-order chi connectivity index (χ1) is 12.0. The second-order valence-electron chi connectivity index (χ2n) is 6.16. The topological polar surface area (TPSA) is 74.3 Å². The molecule has 1 heterocycles. The molecule has 132 valence electrons. The Bertz CT molecular complexity index is 744. The van der Waals surface area contributed by atoms with E-state index in [9.17, 15) is 9.59 Å². The standard InChI is InChI=1S/C19H24N4O2/c1-14-5-4-6-15(11-14)13-22-19(25)17-12-16(7-8-20-17)18(24)21-9-10-23(2)3/h4-8,11-12H,9-10,13H2,1-3H3,(H,21,24)(H,22,25). The van der Waals surface area contributed by atoms with Crippen molar-refractivity contribution >= 4 is 11.8 Å². The average Bonchev–Trinajstić information content (AvgIpc) is 2.59. The Morgan fingerprint density at radius 3 is 2.60 bits per heavy atom. The molecule has 0 saturated carbocycles. The number of pyridine rings is 1. The van der Waals surface area contributed by atoms with E-state index in [-0.39, 0.29) is 17.5 Å². The van der Waals surface area contributed by atoms with Gasteiger partial charge < -0.3 is 15.5 Å². The molecule has 0 bridgehead atoms. The number of hydrogen-bond donors (Lipinski definition) is 2. The second kappa shape index (κ2) is 8.94. The van der Waals surface area contributed by atoms with Crippen molar-refractivity contribution in [2.45, 2.75) is 13.5 Å². The number of aryl methyl sites for hydroxylation is 1. The Kier molecular flexibility index (Phi) is 6.65. The van der Waals surface area contributed by atoms with Gasteiger partial charge in [-0.25, -0.2) is 0 Å². The van der Waals surface area contributed by atoms with Gasteiger partial charge in [0.2, 0.25) is 0 Å². The van der Waals surface area contributed by atoms with E-state index in [4.69, 9.17) is 0 Å². The summed E-state index contributed by atoms with van der Waals surface area (Å²) in [7, 11) is 3.88. The van der Waals surface area contributed by atoms with Crippen LogP contribution in [0.1, 0.15) is 32.0 Å². The normalized spacial score (nSPS) is 10.6. The van der Waals surface area contributed by atoms with E-state index in [1.54, 1.807) is 6.07 Å². The average molecular weight is 340 g/mol. The molecule has 2 rings (SSSR count). The third kappa shape index (κ3) is 6.00. The van der Waals surface area contributed by atoms with Crippen LogP contribution in [0.5, 0.6) is 0 Å². The van der Waals surface area contributed by atoms with Crippen LogP contribution in [0.2, 0.25) is 0 Å². The number of nitrogens with zero attached hydrogens (tertiary/aromatic N) is 2. The molecule has 2 aromatic rings. The lowest BCUT2D eigenvalue weighted by Gasteiger charge is -2.11. The molecule has 2 amide bonds. The number of rotatable bonds is 7. The SMILES string of the molecule is Cc1cccc(CNC(=O)c2cc(C(=O)NCCN(C)C)ccn2)c1. The van der Waals surface area contributed by atoms with E-state index in [0.717, 1.165) is 17.7 Å². The van der Waals surface area contributed by atoms with Gasteiger partial charge in [0, 0.05) is 31.4 Å². The molecule has 0 unspecified atom stereocenters. The van der Waals surface area contributed by atoms with E-state index < -0.39 is 0 Å². The first-order valence-electron chi connectivity index (χ1n) is 8.18. The van der Waals surface area contributed by atoms with E-state index in [2.05, 4.69) is 15.6 Å². The molecule has 6 nitrogen and oxygen atoms in total. The van der Waals surface area contributed by atoms with E-state index >= 15 is 0 Å². The molecule has 0 aliphatic heterocycles. The van der Waals surface area contributed by atoms with Crippen LogP contribution in [0, 0.1) is 6.92 Å². The minimum Gasteiger partial charge on any atom is -0.351 e. The molecule has 0 spiro atoms. The van der Waals surface area contributed by atoms with Crippen LogP contribution in [0.4, 0.5) is 0 Å². The summed E-state index contributed by atoms with van der Waals surface area (Å²) in [5, 5.41) is 5.65. The second-order valence-corrected chi connectivity index (χ2v) is 6.16. The van der Waals surface area contributed by atoms with Gasteiger partial charge in [-0.2, -0.15) is 0 Å². The molecular formula is C19H24N4O2. The van der Waals surface area contributed by atoms with Crippen molar-refractivity contribution in [1.29, 1.82) is 0 Å². The molecule has 0 fully saturated rings. The van der Waals surface area contributed by atoms with Crippen molar-refractivity contribution in [2.24, 2.45) is 0 Å². The molecule has 0 aliphatic carbocycles. The number of likely N-dealkylation sites (N-methyl/N-ethyl adjacent to an activating group) is 1. The summed E-state index contributed by atoms with van der Waals surface area (Å²) in [5.41, 5.74) is 2.81. The van der Waals surface area contributed by atoms with Gasteiger partial charge in [0.25, 0.3) is 11.8 Å². The van der Waals surface area contributed by atoms with Gasteiger partial charge in [0.15, 0.2) is 0 Å². The number of benzene rings is 1. The first-order valence-corrected chi connectivity index (χ1v) is 8.18. The number of nitrogens with one attached hydrogen (secondary N) is 2. The Labute approximate surface area is 148 Å². The van der Waals surface area contributed by atoms with Gasteiger partial charge in [0.05, 0.1) is 0 Å². The third-order valence-corrected chi connectivity index (χ3v) is 3.63. The highest BCUT2D eigenvalue weighted by Crippen LogP contribution is 2.05. The molecule has 0 saturated heterocycles. The number of hydrogen-bond acceptors (Lipinski definition) is 4. The zero-order valence-corrected chi connectivity index (χ0v) is 14.9. The maximum atomic E-state index is 12.3. The van der Waals surface area contributed by atoms with Crippen molar-refractivity contribution in [3.8, 4) is 0 Å². The minimum absolute atomic E-state index is 0.211. The van der Waals surface area contributed by atoms with E-state index in [1.165, 1.54) is 12.3 Å². The number of carbonyl (C=O) groups excluding carboxylic acids is 2. The zero-order valence-electron chi connectivity index (χ0n) is 14.9. The van der Waals surface area contributed by atoms with Crippen LogP contribution in [-0.2, 0) is 6.54 Å². The monoisotopic (exact) mass is 340 g/mol. The van der Waals surface area contributed by atoms with Crippen LogP contribution in [-0.4, -0.2) is 48.9 Å². The van der Waals surface area contributed by atoms with Crippen LogP contribution in [0.3, 0.4) is 0 Å². The van der Waals surface area contributed by atoms with Crippen molar-refractivity contribution in [2.75, 3.05) is 27.2 Å². The predicted molar refractivity (Wildman–Crippen MR) is 97.5 cm³/mol. The van der Waals surface area contributed by atoms with Crippen LogP contribution in [0.25, 0.3) is 0 Å². The van der Waals surface area contributed by atoms with E-state index in [0.29, 0.717) is 18.7 Å². The summed E-state index contributed by atoms with van der Waals surface area (Å²) in [6, 6.07) is 11.0. The lowest BCUT2D eigenvalue weighted by Crippen LogP contribution is -2.31. The fraction of sp³-hybridized carbons (Fsp3) is 0.316. The lowest BCUT2D eigenvalue weighted by molar-refractivity contribution is 0.0946. The molecule has 0 aliphatic rings. The van der Waals surface area contributed by atoms with Gasteiger partial charge in [-0.15, -0.1) is 0 Å². The Morgan fingerprint density at radius 1 is 1.08 bits per heavy atom. The van der Waals surface area contributed by atoms with Crippen molar-refractivity contribution < 1.29 is 9.59 Å². The van der Waals surface area contributed by atoms with Gasteiger partial charge in [-0.3, -0.25) is 14.6 Å². The Balaban J connectivity index is 1.95. The third-order valence-electron chi connectivity index (χ3n) is 3.63. The summed E-state index contributed by atoms with van der Waals surface area (Å²) < 4.78 is 0. The Morgan fingerprint density at radius 2 is 1.88 bits per heavy atom. The highest BCUT2D eigenvalue weighted by atomic mass is 16.2. The number of amides is 2. The van der Waals surface area contributed by atoms with Crippen LogP contribution >= 0.6 is 0 Å². The van der Waals surface area contributed by atoms with Crippen LogP contribution < -0.4 is 10.6 Å². The van der Waals surface area contributed by atoms with Crippen molar-refractivity contribution in [3.05, 3.63) is 65.0 Å². The maximum Gasteiger partial charge on any atom is 0.270 e.